The summed E-state index contributed by atoms with van der Waals surface area (Å²) in [7, 11) is 0. The van der Waals surface area contributed by atoms with E-state index in [0.29, 0.717) is 12.1 Å². The Hall–Kier alpha value is -1.81. The molecule has 0 saturated carbocycles. The van der Waals surface area contributed by atoms with Crippen molar-refractivity contribution in [3.05, 3.63) is 36.0 Å². The molecule has 2 aromatic rings. The zero-order chi connectivity index (χ0) is 11.7. The molecule has 4 nitrogen and oxygen atoms in total. The summed E-state index contributed by atoms with van der Waals surface area (Å²) in [5.41, 5.74) is 6.63. The second-order valence-electron chi connectivity index (χ2n) is 3.95. The Labute approximate surface area is 93.3 Å². The van der Waals surface area contributed by atoms with Crippen LogP contribution in [-0.4, -0.2) is 21.7 Å². The third-order valence-corrected chi connectivity index (χ3v) is 2.52. The molecule has 16 heavy (non-hydrogen) atoms. The molecule has 0 radical (unpaired) electrons. The summed E-state index contributed by atoms with van der Waals surface area (Å²) in [5, 5.41) is 10.4. The standard InChI is InChI=1S/C12H14N2O2/c1-8(15)7-14-5-4-9-2-3-10(12(13)16)6-11(9)14/h2-6,8,15H,7H2,1H3,(H2,13,16). The minimum Gasteiger partial charge on any atom is -0.392 e. The molecule has 84 valence electrons. The van der Waals surface area contributed by atoms with Gasteiger partial charge in [-0.2, -0.15) is 0 Å². The van der Waals surface area contributed by atoms with Gasteiger partial charge in [-0.1, -0.05) is 6.07 Å². The van der Waals surface area contributed by atoms with Crippen LogP contribution in [-0.2, 0) is 6.54 Å². The highest BCUT2D eigenvalue weighted by Gasteiger charge is 2.06. The lowest BCUT2D eigenvalue weighted by atomic mass is 10.1. The topological polar surface area (TPSA) is 68.2 Å². The van der Waals surface area contributed by atoms with E-state index in [1.165, 1.54) is 0 Å². The molecule has 4 heteroatoms. The van der Waals surface area contributed by atoms with Crippen molar-refractivity contribution in [1.82, 2.24) is 4.57 Å². The lowest BCUT2D eigenvalue weighted by molar-refractivity contribution is 0.100. The largest absolute Gasteiger partial charge is 0.392 e. The average molecular weight is 218 g/mol. The monoisotopic (exact) mass is 218 g/mol. The van der Waals surface area contributed by atoms with Crippen LogP contribution in [0.2, 0.25) is 0 Å². The van der Waals surface area contributed by atoms with Crippen LogP contribution >= 0.6 is 0 Å². The first-order chi connectivity index (χ1) is 7.58. The third-order valence-electron chi connectivity index (χ3n) is 2.52. The molecule has 1 aromatic heterocycles. The van der Waals surface area contributed by atoms with E-state index >= 15 is 0 Å². The summed E-state index contributed by atoms with van der Waals surface area (Å²) >= 11 is 0. The van der Waals surface area contributed by atoms with Gasteiger partial charge in [-0.3, -0.25) is 4.79 Å². The highest BCUT2D eigenvalue weighted by atomic mass is 16.3. The van der Waals surface area contributed by atoms with Gasteiger partial charge in [0.1, 0.15) is 0 Å². The first kappa shape index (κ1) is 10.7. The van der Waals surface area contributed by atoms with Gasteiger partial charge in [0.2, 0.25) is 5.91 Å². The van der Waals surface area contributed by atoms with Crippen LogP contribution in [0.15, 0.2) is 30.5 Å². The molecule has 0 aliphatic heterocycles. The van der Waals surface area contributed by atoms with Gasteiger partial charge in [-0.15, -0.1) is 0 Å². The number of amides is 1. The van der Waals surface area contributed by atoms with Gasteiger partial charge in [0, 0.05) is 23.8 Å². The smallest absolute Gasteiger partial charge is 0.248 e. The molecule has 1 aromatic carbocycles. The number of primary amides is 1. The molecule has 0 fully saturated rings. The number of benzene rings is 1. The van der Waals surface area contributed by atoms with E-state index < -0.39 is 12.0 Å². The van der Waals surface area contributed by atoms with Crippen molar-refractivity contribution in [3.8, 4) is 0 Å². The maximum absolute atomic E-state index is 11.1. The summed E-state index contributed by atoms with van der Waals surface area (Å²) in [6.07, 6.45) is 1.47. The number of aliphatic hydroxyl groups excluding tert-OH is 1. The summed E-state index contributed by atoms with van der Waals surface area (Å²) in [6, 6.07) is 7.26. The SMILES string of the molecule is CC(O)Cn1ccc2ccc(C(N)=O)cc21. The number of aromatic nitrogens is 1. The van der Waals surface area contributed by atoms with Crippen LogP contribution in [0.5, 0.6) is 0 Å². The van der Waals surface area contributed by atoms with Crippen LogP contribution in [0.4, 0.5) is 0 Å². The van der Waals surface area contributed by atoms with E-state index in [9.17, 15) is 9.90 Å². The maximum Gasteiger partial charge on any atom is 0.248 e. The molecule has 1 atom stereocenters. The first-order valence-corrected chi connectivity index (χ1v) is 5.14. The minimum atomic E-state index is -0.438. The quantitative estimate of drug-likeness (QED) is 0.810. The van der Waals surface area contributed by atoms with Gasteiger partial charge in [0.15, 0.2) is 0 Å². The van der Waals surface area contributed by atoms with Crippen molar-refractivity contribution >= 4 is 16.8 Å². The van der Waals surface area contributed by atoms with Crippen LogP contribution in [0.3, 0.4) is 0 Å². The molecular formula is C12H14N2O2. The molecule has 0 bridgehead atoms. The average Bonchev–Trinajstić information content (AvgIpc) is 2.60. The number of rotatable bonds is 3. The summed E-state index contributed by atoms with van der Waals surface area (Å²) in [4.78, 5) is 11.1. The Morgan fingerprint density at radius 3 is 2.88 bits per heavy atom. The van der Waals surface area contributed by atoms with E-state index in [4.69, 9.17) is 5.73 Å². The maximum atomic E-state index is 11.1. The number of nitrogens with zero attached hydrogens (tertiary/aromatic N) is 1. The van der Waals surface area contributed by atoms with Crippen molar-refractivity contribution in [2.45, 2.75) is 19.6 Å². The van der Waals surface area contributed by atoms with E-state index in [0.717, 1.165) is 10.9 Å². The lowest BCUT2D eigenvalue weighted by Gasteiger charge is -2.08. The summed E-state index contributed by atoms with van der Waals surface area (Å²) < 4.78 is 1.91. The first-order valence-electron chi connectivity index (χ1n) is 5.14. The van der Waals surface area contributed by atoms with E-state index in [2.05, 4.69) is 0 Å². The van der Waals surface area contributed by atoms with Gasteiger partial charge in [0.05, 0.1) is 6.10 Å². The van der Waals surface area contributed by atoms with Crippen LogP contribution in [0.1, 0.15) is 17.3 Å². The second-order valence-corrected chi connectivity index (χ2v) is 3.95. The Morgan fingerprint density at radius 1 is 1.50 bits per heavy atom. The highest BCUT2D eigenvalue weighted by Crippen LogP contribution is 2.18. The van der Waals surface area contributed by atoms with Gasteiger partial charge >= 0.3 is 0 Å². The number of carbonyl (C=O) groups is 1. The van der Waals surface area contributed by atoms with E-state index in [-0.39, 0.29) is 0 Å². The van der Waals surface area contributed by atoms with Crippen molar-refractivity contribution in [1.29, 1.82) is 0 Å². The minimum absolute atomic E-state index is 0.423. The number of carbonyl (C=O) groups excluding carboxylic acids is 1. The molecule has 3 N–H and O–H groups in total. The summed E-state index contributed by atoms with van der Waals surface area (Å²) in [5.74, 6) is -0.438. The zero-order valence-corrected chi connectivity index (χ0v) is 9.05. The third kappa shape index (κ3) is 1.92. The highest BCUT2D eigenvalue weighted by molar-refractivity contribution is 5.96. The van der Waals surface area contributed by atoms with Crippen LogP contribution in [0, 0.1) is 0 Å². The molecule has 1 unspecified atom stereocenters. The number of hydrogen-bond donors (Lipinski definition) is 2. The fourth-order valence-electron chi connectivity index (χ4n) is 1.78. The van der Waals surface area contributed by atoms with Crippen molar-refractivity contribution < 1.29 is 9.90 Å². The molecule has 0 spiro atoms. The predicted octanol–water partition coefficient (Wildman–Crippen LogP) is 1.12. The summed E-state index contributed by atoms with van der Waals surface area (Å²) in [6.45, 7) is 2.23. The van der Waals surface area contributed by atoms with Crippen molar-refractivity contribution in [2.75, 3.05) is 0 Å². The Balaban J connectivity index is 2.51. The molecular weight excluding hydrogens is 204 g/mol. The molecule has 0 aliphatic rings. The number of nitrogens with two attached hydrogens (primary N) is 1. The molecule has 0 aliphatic carbocycles. The molecule has 2 rings (SSSR count). The number of aliphatic hydroxyl groups is 1. The fourth-order valence-corrected chi connectivity index (χ4v) is 1.78. The van der Waals surface area contributed by atoms with Crippen LogP contribution in [0.25, 0.3) is 10.9 Å². The molecule has 1 amide bonds. The van der Waals surface area contributed by atoms with E-state index in [1.807, 2.05) is 22.9 Å². The van der Waals surface area contributed by atoms with Gasteiger partial charge < -0.3 is 15.4 Å². The van der Waals surface area contributed by atoms with Crippen LogP contribution < -0.4 is 5.73 Å². The number of hydrogen-bond acceptors (Lipinski definition) is 2. The Bertz CT molecular complexity index is 529. The predicted molar refractivity (Wildman–Crippen MR) is 62.1 cm³/mol. The number of fused-ring (bicyclic) bond motifs is 1. The fraction of sp³-hybridized carbons (Fsp3) is 0.250. The Morgan fingerprint density at radius 2 is 2.25 bits per heavy atom. The molecule has 1 heterocycles. The normalized spacial score (nSPS) is 12.9. The van der Waals surface area contributed by atoms with Crippen molar-refractivity contribution in [3.63, 3.8) is 0 Å². The molecule has 0 saturated heterocycles. The van der Waals surface area contributed by atoms with Gasteiger partial charge in [-0.05, 0) is 30.5 Å². The van der Waals surface area contributed by atoms with E-state index in [1.54, 1.807) is 19.1 Å². The van der Waals surface area contributed by atoms with Gasteiger partial charge in [-0.25, -0.2) is 0 Å². The second kappa shape index (κ2) is 3.98. The zero-order valence-electron chi connectivity index (χ0n) is 9.05. The van der Waals surface area contributed by atoms with Gasteiger partial charge in [0.25, 0.3) is 0 Å². The van der Waals surface area contributed by atoms with Crippen molar-refractivity contribution in [2.24, 2.45) is 5.73 Å². The Kier molecular flexibility index (Phi) is 2.66. The lowest BCUT2D eigenvalue weighted by Crippen LogP contribution is -2.12.